The highest BCUT2D eigenvalue weighted by atomic mass is 16.6. The monoisotopic (exact) mass is 391 g/mol. The standard InChI is InChI=1S/C21H29NO6/c1-6-26-18(23)15(2)12-13-17(19(24)28-21(3,4)5)22-20(25)27-14-16-10-8-7-9-11-16/h7-11,17H,2,6,12-14H2,1,3-5H3,(H,22,25)/t17-/m0/s1. The van der Waals surface area contributed by atoms with Crippen LogP contribution in [0.2, 0.25) is 0 Å². The average molecular weight is 391 g/mol. The third-order valence-corrected chi connectivity index (χ3v) is 3.50. The molecule has 0 aliphatic rings. The maximum absolute atomic E-state index is 12.4. The summed E-state index contributed by atoms with van der Waals surface area (Å²) < 4.78 is 15.4. The number of alkyl carbamates (subject to hydrolysis) is 1. The van der Waals surface area contributed by atoms with Crippen molar-refractivity contribution in [1.82, 2.24) is 5.32 Å². The van der Waals surface area contributed by atoms with E-state index >= 15 is 0 Å². The Kier molecular flexibility index (Phi) is 9.21. The van der Waals surface area contributed by atoms with Gasteiger partial charge in [0.25, 0.3) is 0 Å². The van der Waals surface area contributed by atoms with Crippen LogP contribution < -0.4 is 5.32 Å². The molecule has 0 radical (unpaired) electrons. The topological polar surface area (TPSA) is 90.9 Å². The molecule has 1 rings (SSSR count). The van der Waals surface area contributed by atoms with Gasteiger partial charge in [0.15, 0.2) is 0 Å². The van der Waals surface area contributed by atoms with Crippen molar-refractivity contribution in [2.75, 3.05) is 6.61 Å². The number of benzene rings is 1. The van der Waals surface area contributed by atoms with Gasteiger partial charge in [0.2, 0.25) is 0 Å². The van der Waals surface area contributed by atoms with E-state index in [9.17, 15) is 14.4 Å². The minimum atomic E-state index is -0.978. The molecule has 154 valence electrons. The number of rotatable bonds is 9. The molecule has 1 aromatic rings. The minimum Gasteiger partial charge on any atom is -0.463 e. The molecular formula is C21H29NO6. The van der Waals surface area contributed by atoms with E-state index in [1.54, 1.807) is 27.7 Å². The molecule has 1 atom stereocenters. The van der Waals surface area contributed by atoms with Crippen LogP contribution in [0, 0.1) is 0 Å². The van der Waals surface area contributed by atoms with E-state index in [0.717, 1.165) is 5.56 Å². The summed E-state index contributed by atoms with van der Waals surface area (Å²) >= 11 is 0. The van der Waals surface area contributed by atoms with Gasteiger partial charge >= 0.3 is 18.0 Å². The maximum Gasteiger partial charge on any atom is 0.408 e. The molecule has 1 amide bonds. The van der Waals surface area contributed by atoms with Crippen molar-refractivity contribution in [3.63, 3.8) is 0 Å². The van der Waals surface area contributed by atoms with Gasteiger partial charge in [0, 0.05) is 5.57 Å². The summed E-state index contributed by atoms with van der Waals surface area (Å²) in [5.41, 5.74) is 0.320. The second-order valence-electron chi connectivity index (χ2n) is 7.15. The average Bonchev–Trinajstić information content (AvgIpc) is 2.62. The molecule has 7 heteroatoms. The fourth-order valence-corrected chi connectivity index (χ4v) is 2.18. The van der Waals surface area contributed by atoms with Crippen molar-refractivity contribution < 1.29 is 28.6 Å². The predicted octanol–water partition coefficient (Wildman–Crippen LogP) is 3.52. The molecule has 1 aromatic carbocycles. The van der Waals surface area contributed by atoms with E-state index in [2.05, 4.69) is 11.9 Å². The molecule has 0 saturated carbocycles. The first-order valence-corrected chi connectivity index (χ1v) is 9.17. The summed E-state index contributed by atoms with van der Waals surface area (Å²) in [6.07, 6.45) is -0.448. The lowest BCUT2D eigenvalue weighted by Crippen LogP contribution is -2.44. The van der Waals surface area contributed by atoms with Crippen LogP contribution in [0.1, 0.15) is 46.1 Å². The highest BCUT2D eigenvalue weighted by Crippen LogP contribution is 2.14. The normalized spacial score (nSPS) is 11.9. The minimum absolute atomic E-state index is 0.0727. The second-order valence-corrected chi connectivity index (χ2v) is 7.15. The van der Waals surface area contributed by atoms with Crippen LogP contribution in [0.15, 0.2) is 42.5 Å². The van der Waals surface area contributed by atoms with Gasteiger partial charge in [-0.05, 0) is 46.1 Å². The summed E-state index contributed by atoms with van der Waals surface area (Å²) in [6, 6.07) is 8.19. The SMILES string of the molecule is C=C(CC[C@H](NC(=O)OCc1ccccc1)C(=O)OC(C)(C)C)C(=O)OCC. The lowest BCUT2D eigenvalue weighted by molar-refractivity contribution is -0.157. The number of hydrogen-bond donors (Lipinski definition) is 1. The van der Waals surface area contributed by atoms with Gasteiger partial charge < -0.3 is 19.5 Å². The first-order chi connectivity index (χ1) is 13.1. The van der Waals surface area contributed by atoms with Crippen molar-refractivity contribution in [3.05, 3.63) is 48.0 Å². The first kappa shape index (κ1) is 23.2. The lowest BCUT2D eigenvalue weighted by Gasteiger charge is -2.24. The van der Waals surface area contributed by atoms with E-state index in [0.29, 0.717) is 0 Å². The number of amides is 1. The Bertz CT molecular complexity index is 678. The Morgan fingerprint density at radius 2 is 1.75 bits per heavy atom. The van der Waals surface area contributed by atoms with Crippen LogP contribution in [0.5, 0.6) is 0 Å². The molecule has 0 heterocycles. The Morgan fingerprint density at radius 1 is 1.11 bits per heavy atom. The predicted molar refractivity (Wildman–Crippen MR) is 104 cm³/mol. The summed E-state index contributed by atoms with van der Waals surface area (Å²) in [5.74, 6) is -1.14. The Morgan fingerprint density at radius 3 is 2.32 bits per heavy atom. The van der Waals surface area contributed by atoms with Crippen LogP contribution in [-0.4, -0.2) is 36.3 Å². The van der Waals surface area contributed by atoms with Gasteiger partial charge in [-0.2, -0.15) is 0 Å². The highest BCUT2D eigenvalue weighted by molar-refractivity contribution is 5.88. The molecule has 0 unspecified atom stereocenters. The largest absolute Gasteiger partial charge is 0.463 e. The van der Waals surface area contributed by atoms with Gasteiger partial charge in [0.1, 0.15) is 18.2 Å². The Labute approximate surface area is 166 Å². The molecular weight excluding hydrogens is 362 g/mol. The van der Waals surface area contributed by atoms with Gasteiger partial charge in [-0.1, -0.05) is 36.9 Å². The van der Waals surface area contributed by atoms with E-state index in [1.165, 1.54) is 0 Å². The lowest BCUT2D eigenvalue weighted by atomic mass is 10.1. The van der Waals surface area contributed by atoms with E-state index < -0.39 is 29.7 Å². The highest BCUT2D eigenvalue weighted by Gasteiger charge is 2.27. The first-order valence-electron chi connectivity index (χ1n) is 9.17. The third-order valence-electron chi connectivity index (χ3n) is 3.50. The molecule has 0 aliphatic carbocycles. The number of ether oxygens (including phenoxy) is 3. The zero-order valence-corrected chi connectivity index (χ0v) is 16.9. The number of esters is 2. The Balaban J connectivity index is 2.68. The fraction of sp³-hybridized carbons (Fsp3) is 0.476. The van der Waals surface area contributed by atoms with Crippen LogP contribution in [0.25, 0.3) is 0 Å². The van der Waals surface area contributed by atoms with E-state index in [1.807, 2.05) is 30.3 Å². The van der Waals surface area contributed by atoms with Crippen molar-refractivity contribution >= 4 is 18.0 Å². The van der Waals surface area contributed by atoms with Gasteiger partial charge in [-0.25, -0.2) is 14.4 Å². The van der Waals surface area contributed by atoms with Crippen molar-refractivity contribution in [2.24, 2.45) is 0 Å². The van der Waals surface area contributed by atoms with Gasteiger partial charge in [-0.15, -0.1) is 0 Å². The van der Waals surface area contributed by atoms with Crippen molar-refractivity contribution in [3.8, 4) is 0 Å². The Hall–Kier alpha value is -2.83. The second kappa shape index (κ2) is 11.1. The summed E-state index contributed by atoms with van der Waals surface area (Å²) in [4.78, 5) is 36.2. The van der Waals surface area contributed by atoms with Gasteiger partial charge in [-0.3, -0.25) is 0 Å². The molecule has 0 fully saturated rings. The maximum atomic E-state index is 12.4. The molecule has 0 spiro atoms. The molecule has 1 N–H and O–H groups in total. The van der Waals surface area contributed by atoms with Crippen LogP contribution in [-0.2, 0) is 30.4 Å². The third kappa shape index (κ3) is 9.21. The molecule has 7 nitrogen and oxygen atoms in total. The van der Waals surface area contributed by atoms with Crippen LogP contribution >= 0.6 is 0 Å². The molecule has 0 aromatic heterocycles. The zero-order chi connectivity index (χ0) is 21.2. The van der Waals surface area contributed by atoms with E-state index in [4.69, 9.17) is 14.2 Å². The van der Waals surface area contributed by atoms with Crippen molar-refractivity contribution in [1.29, 1.82) is 0 Å². The molecule has 0 bridgehead atoms. The fourth-order valence-electron chi connectivity index (χ4n) is 2.18. The summed E-state index contributed by atoms with van der Waals surface area (Å²) in [7, 11) is 0. The van der Waals surface area contributed by atoms with Gasteiger partial charge in [0.05, 0.1) is 6.61 Å². The number of nitrogens with one attached hydrogen (secondary N) is 1. The quantitative estimate of drug-likeness (QED) is 0.393. The van der Waals surface area contributed by atoms with Crippen LogP contribution in [0.3, 0.4) is 0 Å². The summed E-state index contributed by atoms with van der Waals surface area (Å²) in [6.45, 7) is 10.9. The smallest absolute Gasteiger partial charge is 0.408 e. The number of carbonyl (C=O) groups excluding carboxylic acids is 3. The number of carbonyl (C=O) groups is 3. The molecule has 28 heavy (non-hydrogen) atoms. The van der Waals surface area contributed by atoms with E-state index in [-0.39, 0.29) is 31.6 Å². The summed E-state index contributed by atoms with van der Waals surface area (Å²) in [5, 5.41) is 2.51. The molecule has 0 saturated heterocycles. The van der Waals surface area contributed by atoms with Crippen LogP contribution in [0.4, 0.5) is 4.79 Å². The number of hydrogen-bond acceptors (Lipinski definition) is 6. The van der Waals surface area contributed by atoms with Crippen molar-refractivity contribution in [2.45, 2.75) is 58.8 Å². The molecule has 0 aliphatic heterocycles. The zero-order valence-electron chi connectivity index (χ0n) is 16.9.